The molecule has 2 rings (SSSR count). The summed E-state index contributed by atoms with van der Waals surface area (Å²) in [4.78, 5) is 5.41. The number of hydrogen-bond donors (Lipinski definition) is 2. The van der Waals surface area contributed by atoms with Crippen LogP contribution in [0.15, 0.2) is 17.2 Å². The van der Waals surface area contributed by atoms with E-state index >= 15 is 0 Å². The first-order chi connectivity index (χ1) is 8.97. The third kappa shape index (κ3) is 3.37. The summed E-state index contributed by atoms with van der Waals surface area (Å²) in [6.07, 6.45) is 1.44. The maximum atomic E-state index is 9.74. The van der Waals surface area contributed by atoms with Gasteiger partial charge in [0.15, 0.2) is 0 Å². The Morgan fingerprint density at radius 2 is 2.11 bits per heavy atom. The van der Waals surface area contributed by atoms with Crippen LogP contribution in [-0.4, -0.2) is 16.3 Å². The number of phenolic OH excluding ortho intramolecular Hbond substituents is 1. The molecular formula is C12H11Cl2N3OS. The Labute approximate surface area is 124 Å². The van der Waals surface area contributed by atoms with Gasteiger partial charge in [-0.25, -0.2) is 4.98 Å². The number of nitrogens with one attached hydrogen (secondary N) is 1. The summed E-state index contributed by atoms with van der Waals surface area (Å²) in [5, 5.41) is 15.1. The average molecular weight is 316 g/mol. The van der Waals surface area contributed by atoms with Crippen LogP contribution in [0.25, 0.3) is 0 Å². The van der Waals surface area contributed by atoms with Gasteiger partial charge in [-0.05, 0) is 26.0 Å². The number of hydrogen-bond acceptors (Lipinski definition) is 5. The van der Waals surface area contributed by atoms with Crippen LogP contribution in [0, 0.1) is 13.8 Å². The highest BCUT2D eigenvalue weighted by Gasteiger charge is 2.06. The number of aryl methyl sites for hydroxylation is 2. The minimum Gasteiger partial charge on any atom is -0.506 e. The van der Waals surface area contributed by atoms with Crippen molar-refractivity contribution in [1.82, 2.24) is 4.98 Å². The van der Waals surface area contributed by atoms with Crippen LogP contribution >= 0.6 is 34.5 Å². The molecular weight excluding hydrogens is 305 g/mol. The Bertz CT molecular complexity index is 621. The van der Waals surface area contributed by atoms with E-state index in [1.807, 2.05) is 13.8 Å². The van der Waals surface area contributed by atoms with E-state index in [9.17, 15) is 5.11 Å². The SMILES string of the molecule is Cc1nc(N/N=C\c2cc(Cl)cc(Cl)c2O)sc1C. The van der Waals surface area contributed by atoms with E-state index in [1.54, 1.807) is 6.07 Å². The summed E-state index contributed by atoms with van der Waals surface area (Å²) < 4.78 is 0. The van der Waals surface area contributed by atoms with E-state index in [2.05, 4.69) is 15.5 Å². The Morgan fingerprint density at radius 3 is 2.74 bits per heavy atom. The Hall–Kier alpha value is -1.30. The number of aromatic hydroxyl groups is 1. The second-order valence-electron chi connectivity index (χ2n) is 3.86. The molecule has 0 fully saturated rings. The van der Waals surface area contributed by atoms with E-state index in [0.717, 1.165) is 10.6 Å². The van der Waals surface area contributed by atoms with Gasteiger partial charge in [0.05, 0.1) is 16.9 Å². The van der Waals surface area contributed by atoms with Crippen molar-refractivity contribution in [3.8, 4) is 5.75 Å². The zero-order valence-electron chi connectivity index (χ0n) is 10.2. The molecule has 0 amide bonds. The number of benzene rings is 1. The predicted molar refractivity (Wildman–Crippen MR) is 80.9 cm³/mol. The number of aromatic nitrogens is 1. The van der Waals surface area contributed by atoms with Gasteiger partial charge in [0.25, 0.3) is 0 Å². The third-order valence-electron chi connectivity index (χ3n) is 2.45. The summed E-state index contributed by atoms with van der Waals surface area (Å²) >= 11 is 13.2. The zero-order valence-corrected chi connectivity index (χ0v) is 12.6. The van der Waals surface area contributed by atoms with Crippen molar-refractivity contribution in [2.45, 2.75) is 13.8 Å². The van der Waals surface area contributed by atoms with Gasteiger partial charge in [0, 0.05) is 15.5 Å². The van der Waals surface area contributed by atoms with Gasteiger partial charge in [0.2, 0.25) is 5.13 Å². The van der Waals surface area contributed by atoms with E-state index < -0.39 is 0 Å². The first kappa shape index (κ1) is 14.1. The van der Waals surface area contributed by atoms with Gasteiger partial charge < -0.3 is 5.11 Å². The number of thiazole rings is 1. The lowest BCUT2D eigenvalue weighted by Crippen LogP contribution is -1.91. The monoisotopic (exact) mass is 315 g/mol. The molecule has 1 heterocycles. The fourth-order valence-corrected chi connectivity index (χ4v) is 2.64. The normalized spacial score (nSPS) is 11.2. The van der Waals surface area contributed by atoms with Gasteiger partial charge in [-0.1, -0.05) is 23.2 Å². The van der Waals surface area contributed by atoms with Crippen molar-refractivity contribution in [3.05, 3.63) is 38.3 Å². The van der Waals surface area contributed by atoms with Gasteiger partial charge in [-0.2, -0.15) is 5.10 Å². The van der Waals surface area contributed by atoms with Gasteiger partial charge >= 0.3 is 0 Å². The standard InChI is InChI=1S/C12H11Cl2N3OS/c1-6-7(2)19-12(16-6)17-15-5-8-3-9(13)4-10(14)11(8)18/h3-5,18H,1-2H3,(H,16,17)/b15-5-. The quantitative estimate of drug-likeness (QED) is 0.658. The van der Waals surface area contributed by atoms with Crippen molar-refractivity contribution < 1.29 is 5.11 Å². The highest BCUT2D eigenvalue weighted by Crippen LogP contribution is 2.30. The fourth-order valence-electron chi connectivity index (χ4n) is 1.36. The molecule has 0 saturated heterocycles. The molecule has 0 spiro atoms. The summed E-state index contributed by atoms with van der Waals surface area (Å²) in [5.41, 5.74) is 4.21. The maximum absolute atomic E-state index is 9.74. The maximum Gasteiger partial charge on any atom is 0.203 e. The van der Waals surface area contributed by atoms with Crippen molar-refractivity contribution in [2.24, 2.45) is 5.10 Å². The molecule has 100 valence electrons. The minimum atomic E-state index is -0.0527. The topological polar surface area (TPSA) is 57.5 Å². The van der Waals surface area contributed by atoms with Crippen molar-refractivity contribution in [3.63, 3.8) is 0 Å². The van der Waals surface area contributed by atoms with E-state index in [-0.39, 0.29) is 10.8 Å². The molecule has 2 N–H and O–H groups in total. The zero-order chi connectivity index (χ0) is 14.0. The smallest absolute Gasteiger partial charge is 0.203 e. The molecule has 0 saturated carbocycles. The number of anilines is 1. The van der Waals surface area contributed by atoms with Crippen LogP contribution in [0.1, 0.15) is 16.1 Å². The van der Waals surface area contributed by atoms with Crippen LogP contribution < -0.4 is 5.43 Å². The second kappa shape index (κ2) is 5.77. The largest absolute Gasteiger partial charge is 0.506 e. The molecule has 0 aliphatic carbocycles. The lowest BCUT2D eigenvalue weighted by Gasteiger charge is -2.02. The molecule has 0 bridgehead atoms. The van der Waals surface area contributed by atoms with Crippen LogP contribution in [0.3, 0.4) is 0 Å². The molecule has 0 unspecified atom stereocenters. The minimum absolute atomic E-state index is 0.0527. The molecule has 0 aliphatic heterocycles. The first-order valence-electron chi connectivity index (χ1n) is 5.38. The lowest BCUT2D eigenvalue weighted by atomic mass is 10.2. The molecule has 1 aromatic carbocycles. The van der Waals surface area contributed by atoms with Crippen LogP contribution in [-0.2, 0) is 0 Å². The van der Waals surface area contributed by atoms with Crippen LogP contribution in [0.5, 0.6) is 5.75 Å². The number of halogens is 2. The van der Waals surface area contributed by atoms with Crippen molar-refractivity contribution in [1.29, 1.82) is 0 Å². The molecule has 1 aromatic heterocycles. The van der Waals surface area contributed by atoms with Crippen molar-refractivity contribution in [2.75, 3.05) is 5.43 Å². The van der Waals surface area contributed by atoms with Gasteiger partial charge in [0.1, 0.15) is 5.75 Å². The first-order valence-corrected chi connectivity index (χ1v) is 6.95. The summed E-state index contributed by atoms with van der Waals surface area (Å²) in [6.45, 7) is 3.92. The summed E-state index contributed by atoms with van der Waals surface area (Å²) in [5.74, 6) is -0.0527. The van der Waals surface area contributed by atoms with E-state index in [0.29, 0.717) is 15.7 Å². The van der Waals surface area contributed by atoms with Crippen LogP contribution in [0.4, 0.5) is 5.13 Å². The third-order valence-corrected chi connectivity index (χ3v) is 3.93. The average Bonchev–Trinajstić information content (AvgIpc) is 2.65. The summed E-state index contributed by atoms with van der Waals surface area (Å²) in [7, 11) is 0. The molecule has 4 nitrogen and oxygen atoms in total. The number of hydrazone groups is 1. The number of nitrogens with zero attached hydrogens (tertiary/aromatic N) is 2. The Kier molecular flexibility index (Phi) is 4.29. The van der Waals surface area contributed by atoms with E-state index in [4.69, 9.17) is 23.2 Å². The molecule has 2 aromatic rings. The predicted octanol–water partition coefficient (Wildman–Crippen LogP) is 4.22. The highest BCUT2D eigenvalue weighted by molar-refractivity contribution is 7.15. The fraction of sp³-hybridized carbons (Fsp3) is 0.167. The molecule has 0 aliphatic rings. The summed E-state index contributed by atoms with van der Waals surface area (Å²) in [6, 6.07) is 3.04. The van der Waals surface area contributed by atoms with Gasteiger partial charge in [-0.15, -0.1) is 11.3 Å². The number of rotatable bonds is 3. The van der Waals surface area contributed by atoms with Crippen LogP contribution in [0.2, 0.25) is 10.0 Å². The molecule has 7 heteroatoms. The van der Waals surface area contributed by atoms with Gasteiger partial charge in [-0.3, -0.25) is 5.43 Å². The van der Waals surface area contributed by atoms with E-state index in [1.165, 1.54) is 23.6 Å². The van der Waals surface area contributed by atoms with Crippen molar-refractivity contribution >= 4 is 45.9 Å². The lowest BCUT2D eigenvalue weighted by molar-refractivity contribution is 0.475. The number of phenols is 1. The second-order valence-corrected chi connectivity index (χ2v) is 5.90. The Morgan fingerprint density at radius 1 is 1.37 bits per heavy atom. The molecule has 0 radical (unpaired) electrons. The molecule has 19 heavy (non-hydrogen) atoms. The highest BCUT2D eigenvalue weighted by atomic mass is 35.5. The molecule has 0 atom stereocenters. The Balaban J connectivity index is 2.15.